The molecule has 1 aromatic carbocycles. The lowest BCUT2D eigenvalue weighted by Gasteiger charge is -2.28. The van der Waals surface area contributed by atoms with Gasteiger partial charge in [0.25, 0.3) is 5.91 Å². The Morgan fingerprint density at radius 3 is 2.61 bits per heavy atom. The Morgan fingerprint density at radius 2 is 1.97 bits per heavy atom. The minimum Gasteiger partial charge on any atom is -0.466 e. The smallest absolute Gasteiger partial charge is 0.307 e. The van der Waals surface area contributed by atoms with Gasteiger partial charge in [0.1, 0.15) is 6.54 Å². The molecule has 0 bridgehead atoms. The Morgan fingerprint density at radius 1 is 1.21 bits per heavy atom. The molecule has 2 amide bonds. The van der Waals surface area contributed by atoms with E-state index in [4.69, 9.17) is 10.00 Å². The van der Waals surface area contributed by atoms with Crippen LogP contribution >= 0.6 is 11.3 Å². The summed E-state index contributed by atoms with van der Waals surface area (Å²) in [4.78, 5) is 42.9. The van der Waals surface area contributed by atoms with E-state index in [2.05, 4.69) is 6.07 Å². The van der Waals surface area contributed by atoms with Crippen molar-refractivity contribution in [3.63, 3.8) is 0 Å². The van der Waals surface area contributed by atoms with Gasteiger partial charge >= 0.3 is 5.97 Å². The highest BCUT2D eigenvalue weighted by Crippen LogP contribution is 2.30. The molecule has 1 aliphatic heterocycles. The van der Waals surface area contributed by atoms with Gasteiger partial charge in [-0.15, -0.1) is 11.3 Å². The lowest BCUT2D eigenvalue weighted by Crippen LogP contribution is -2.46. The summed E-state index contributed by atoms with van der Waals surface area (Å²) in [6.07, 6.45) is 1.50. The van der Waals surface area contributed by atoms with E-state index in [1.54, 1.807) is 30.1 Å². The van der Waals surface area contributed by atoms with E-state index < -0.39 is 12.0 Å². The first-order valence-electron chi connectivity index (χ1n) is 11.1. The van der Waals surface area contributed by atoms with E-state index in [0.29, 0.717) is 23.2 Å². The van der Waals surface area contributed by atoms with Gasteiger partial charge in [0.2, 0.25) is 5.91 Å². The number of nitrogens with zero attached hydrogens (tertiary/aromatic N) is 3. The van der Waals surface area contributed by atoms with Crippen molar-refractivity contribution in [3.05, 3.63) is 51.2 Å². The van der Waals surface area contributed by atoms with E-state index in [9.17, 15) is 14.4 Å². The van der Waals surface area contributed by atoms with Gasteiger partial charge in [-0.2, -0.15) is 5.26 Å². The standard InChI is InChI=1S/C25H29N3O4S/c1-5-32-24(30)10-17(4)27-14-23(29)28(16(2)3)22-9-7-18(12-21(22)25(27)31)6-8-20-11-19(13-26)15-33-20/h7,9,11-12,15-17H,5-6,8,10,14H2,1-4H3. The molecule has 33 heavy (non-hydrogen) atoms. The van der Waals surface area contributed by atoms with Crippen molar-refractivity contribution >= 4 is 34.8 Å². The Kier molecular flexibility index (Phi) is 7.88. The fourth-order valence-corrected chi connectivity index (χ4v) is 4.85. The van der Waals surface area contributed by atoms with Crippen molar-refractivity contribution in [3.8, 4) is 6.07 Å². The molecule has 0 radical (unpaired) electrons. The number of fused-ring (bicyclic) bond motifs is 1. The molecule has 2 heterocycles. The van der Waals surface area contributed by atoms with E-state index in [0.717, 1.165) is 16.9 Å². The third kappa shape index (κ3) is 5.60. The van der Waals surface area contributed by atoms with Crippen LogP contribution in [-0.2, 0) is 27.2 Å². The Labute approximate surface area is 198 Å². The molecule has 3 rings (SSSR count). The number of rotatable bonds is 8. The first-order chi connectivity index (χ1) is 15.7. The molecule has 2 aromatic rings. The Hall–Kier alpha value is -3.18. The van der Waals surface area contributed by atoms with Gasteiger partial charge in [-0.3, -0.25) is 14.4 Å². The number of ether oxygens (including phenoxy) is 1. The number of carbonyl (C=O) groups excluding carboxylic acids is 3. The monoisotopic (exact) mass is 467 g/mol. The van der Waals surface area contributed by atoms with Gasteiger partial charge in [-0.25, -0.2) is 0 Å². The number of carbonyl (C=O) groups is 3. The van der Waals surface area contributed by atoms with Crippen molar-refractivity contribution in [2.24, 2.45) is 0 Å². The van der Waals surface area contributed by atoms with Crippen molar-refractivity contribution < 1.29 is 19.1 Å². The van der Waals surface area contributed by atoms with Crippen LogP contribution in [0.25, 0.3) is 0 Å². The van der Waals surface area contributed by atoms with Crippen LogP contribution in [0.15, 0.2) is 29.6 Å². The number of anilines is 1. The predicted octanol–water partition coefficient (Wildman–Crippen LogP) is 3.94. The number of esters is 1. The molecule has 174 valence electrons. The summed E-state index contributed by atoms with van der Waals surface area (Å²) in [7, 11) is 0. The van der Waals surface area contributed by atoms with E-state index in [1.165, 1.54) is 4.90 Å². The van der Waals surface area contributed by atoms with Gasteiger partial charge in [-0.1, -0.05) is 6.07 Å². The molecule has 0 saturated heterocycles. The van der Waals surface area contributed by atoms with Crippen LogP contribution in [0.2, 0.25) is 0 Å². The van der Waals surface area contributed by atoms with Crippen LogP contribution in [0.3, 0.4) is 0 Å². The molecule has 7 nitrogen and oxygen atoms in total. The predicted molar refractivity (Wildman–Crippen MR) is 127 cm³/mol. The van der Waals surface area contributed by atoms with Gasteiger partial charge in [0.05, 0.1) is 35.9 Å². The summed E-state index contributed by atoms with van der Waals surface area (Å²) in [6, 6.07) is 9.09. The zero-order valence-electron chi connectivity index (χ0n) is 19.5. The number of hydrogen-bond acceptors (Lipinski definition) is 6. The summed E-state index contributed by atoms with van der Waals surface area (Å²) >= 11 is 1.55. The van der Waals surface area contributed by atoms with Crippen molar-refractivity contribution in [1.29, 1.82) is 5.26 Å². The Bertz CT molecular complexity index is 1090. The van der Waals surface area contributed by atoms with Crippen LogP contribution in [0, 0.1) is 11.3 Å². The molecule has 0 spiro atoms. The molecular formula is C25H29N3O4S. The third-order valence-electron chi connectivity index (χ3n) is 5.64. The van der Waals surface area contributed by atoms with Crippen LogP contribution in [0.1, 0.15) is 60.5 Å². The average Bonchev–Trinajstić information content (AvgIpc) is 3.20. The van der Waals surface area contributed by atoms with Gasteiger partial charge < -0.3 is 14.5 Å². The summed E-state index contributed by atoms with van der Waals surface area (Å²) in [5, 5.41) is 10.9. The van der Waals surface area contributed by atoms with Gasteiger partial charge in [-0.05, 0) is 64.3 Å². The largest absolute Gasteiger partial charge is 0.466 e. The maximum absolute atomic E-state index is 13.6. The second kappa shape index (κ2) is 10.6. The number of hydrogen-bond donors (Lipinski definition) is 0. The number of thiophene rings is 1. The fourth-order valence-electron chi connectivity index (χ4n) is 4.03. The maximum Gasteiger partial charge on any atom is 0.307 e. The molecular weight excluding hydrogens is 438 g/mol. The summed E-state index contributed by atoms with van der Waals surface area (Å²) in [5.74, 6) is -0.830. The lowest BCUT2D eigenvalue weighted by atomic mass is 10.0. The Balaban J connectivity index is 1.91. The molecule has 1 unspecified atom stereocenters. The van der Waals surface area contributed by atoms with Crippen LogP contribution in [0.4, 0.5) is 5.69 Å². The van der Waals surface area contributed by atoms with Gasteiger partial charge in [0.15, 0.2) is 0 Å². The van der Waals surface area contributed by atoms with Crippen molar-refractivity contribution in [2.45, 2.75) is 59.0 Å². The summed E-state index contributed by atoms with van der Waals surface area (Å²) in [6.45, 7) is 7.52. The van der Waals surface area contributed by atoms with Crippen LogP contribution in [-0.4, -0.2) is 47.9 Å². The average molecular weight is 468 g/mol. The highest BCUT2D eigenvalue weighted by Gasteiger charge is 2.35. The van der Waals surface area contributed by atoms with Crippen molar-refractivity contribution in [1.82, 2.24) is 4.90 Å². The molecule has 1 atom stereocenters. The SMILES string of the molecule is CCOC(=O)CC(C)N1CC(=O)N(C(C)C)c2ccc(CCc3cc(C#N)cs3)cc2C1=O. The van der Waals surface area contributed by atoms with Crippen LogP contribution in [0.5, 0.6) is 0 Å². The highest BCUT2D eigenvalue weighted by molar-refractivity contribution is 7.10. The third-order valence-corrected chi connectivity index (χ3v) is 6.64. The normalized spacial score (nSPS) is 14.7. The van der Waals surface area contributed by atoms with Gasteiger partial charge in [0, 0.05) is 22.3 Å². The van der Waals surface area contributed by atoms with Crippen LogP contribution < -0.4 is 4.90 Å². The molecule has 8 heteroatoms. The minimum absolute atomic E-state index is 0.0309. The second-order valence-corrected chi connectivity index (χ2v) is 9.41. The number of aryl methyl sites for hydroxylation is 2. The first kappa shape index (κ1) is 24.5. The van der Waals surface area contributed by atoms with E-state index in [-0.39, 0.29) is 37.4 Å². The number of amides is 2. The van der Waals surface area contributed by atoms with Crippen molar-refractivity contribution in [2.75, 3.05) is 18.1 Å². The topological polar surface area (TPSA) is 90.7 Å². The van der Waals surface area contributed by atoms with E-state index in [1.807, 2.05) is 43.5 Å². The quantitative estimate of drug-likeness (QED) is 0.549. The molecule has 0 aliphatic carbocycles. The minimum atomic E-state index is -0.473. The molecule has 0 fully saturated rings. The molecule has 0 N–H and O–H groups in total. The molecule has 1 aliphatic rings. The lowest BCUT2D eigenvalue weighted by molar-refractivity contribution is -0.144. The summed E-state index contributed by atoms with van der Waals surface area (Å²) in [5.41, 5.74) is 2.69. The summed E-state index contributed by atoms with van der Waals surface area (Å²) < 4.78 is 5.04. The fraction of sp³-hybridized carbons (Fsp3) is 0.440. The maximum atomic E-state index is 13.6. The molecule has 1 aromatic heterocycles. The first-order valence-corrected chi connectivity index (χ1v) is 12.0. The number of nitriles is 1. The highest BCUT2D eigenvalue weighted by atomic mass is 32.1. The number of benzene rings is 1. The zero-order valence-corrected chi connectivity index (χ0v) is 20.3. The second-order valence-electron chi connectivity index (χ2n) is 8.41. The molecule has 0 saturated carbocycles. The zero-order chi connectivity index (χ0) is 24.1. The van der Waals surface area contributed by atoms with E-state index >= 15 is 0 Å².